The Labute approximate surface area is 156 Å². The zero-order chi connectivity index (χ0) is 19.4. The predicted octanol–water partition coefficient (Wildman–Crippen LogP) is 3.34. The van der Waals surface area contributed by atoms with Crippen molar-refractivity contribution in [2.75, 3.05) is 50.6 Å². The van der Waals surface area contributed by atoms with Crippen LogP contribution in [0.15, 0.2) is 36.4 Å². The summed E-state index contributed by atoms with van der Waals surface area (Å²) in [5.41, 5.74) is 0.526. The lowest BCUT2D eigenvalue weighted by molar-refractivity contribution is 0.208. The highest BCUT2D eigenvalue weighted by Crippen LogP contribution is 2.32. The predicted molar refractivity (Wildman–Crippen MR) is 98.7 cm³/mol. The smallest absolute Gasteiger partial charge is 0.322 e. The van der Waals surface area contributed by atoms with Crippen LogP contribution >= 0.6 is 0 Å². The summed E-state index contributed by atoms with van der Waals surface area (Å²) in [4.78, 5) is 16.0. The third-order valence-corrected chi connectivity index (χ3v) is 4.49. The van der Waals surface area contributed by atoms with Gasteiger partial charge in [-0.2, -0.15) is 0 Å². The highest BCUT2D eigenvalue weighted by Gasteiger charge is 2.23. The van der Waals surface area contributed by atoms with Crippen LogP contribution in [0.4, 0.5) is 25.0 Å². The maximum absolute atomic E-state index is 13.7. The van der Waals surface area contributed by atoms with Gasteiger partial charge in [-0.1, -0.05) is 6.07 Å². The van der Waals surface area contributed by atoms with E-state index >= 15 is 0 Å². The Balaban J connectivity index is 1.62. The summed E-state index contributed by atoms with van der Waals surface area (Å²) < 4.78 is 37.9. The number of carbonyl (C=O) groups is 1. The molecule has 1 N–H and O–H groups in total. The molecule has 8 heteroatoms. The van der Waals surface area contributed by atoms with Crippen LogP contribution in [-0.4, -0.2) is 51.3 Å². The molecule has 2 amide bonds. The van der Waals surface area contributed by atoms with Gasteiger partial charge in [-0.3, -0.25) is 0 Å². The number of hydrogen-bond acceptors (Lipinski definition) is 4. The molecule has 2 aromatic carbocycles. The summed E-state index contributed by atoms with van der Waals surface area (Å²) in [7, 11) is 3.15. The van der Waals surface area contributed by atoms with E-state index in [0.717, 1.165) is 17.8 Å². The molecule has 144 valence electrons. The van der Waals surface area contributed by atoms with E-state index in [-0.39, 0.29) is 0 Å². The van der Waals surface area contributed by atoms with Gasteiger partial charge in [-0.15, -0.1) is 0 Å². The van der Waals surface area contributed by atoms with Gasteiger partial charge in [0.15, 0.2) is 11.5 Å². The molecule has 1 aliphatic heterocycles. The fraction of sp³-hybridized carbons (Fsp3) is 0.316. The van der Waals surface area contributed by atoms with Crippen LogP contribution in [0.5, 0.6) is 11.5 Å². The molecule has 0 saturated carbocycles. The van der Waals surface area contributed by atoms with Crippen LogP contribution in [-0.2, 0) is 0 Å². The van der Waals surface area contributed by atoms with E-state index in [9.17, 15) is 13.6 Å². The molecule has 1 aliphatic rings. The third-order valence-electron chi connectivity index (χ3n) is 4.49. The Morgan fingerprint density at radius 1 is 0.963 bits per heavy atom. The first-order chi connectivity index (χ1) is 13.0. The van der Waals surface area contributed by atoms with Gasteiger partial charge in [0.2, 0.25) is 0 Å². The maximum Gasteiger partial charge on any atom is 0.322 e. The highest BCUT2D eigenvalue weighted by molar-refractivity contribution is 5.89. The number of piperazine rings is 1. The second-order valence-electron chi connectivity index (χ2n) is 6.04. The van der Waals surface area contributed by atoms with Crippen molar-refractivity contribution >= 4 is 17.4 Å². The lowest BCUT2D eigenvalue weighted by Gasteiger charge is -2.36. The maximum atomic E-state index is 13.7. The molecule has 2 aromatic rings. The summed E-state index contributed by atoms with van der Waals surface area (Å²) in [5, 5.41) is 2.32. The van der Waals surface area contributed by atoms with Crippen LogP contribution in [0.1, 0.15) is 0 Å². The molecule has 0 aromatic heterocycles. The zero-order valence-electron chi connectivity index (χ0n) is 15.2. The molecular weight excluding hydrogens is 356 g/mol. The number of nitrogens with one attached hydrogen (secondary N) is 1. The monoisotopic (exact) mass is 377 g/mol. The number of nitrogens with zero attached hydrogens (tertiary/aromatic N) is 2. The summed E-state index contributed by atoms with van der Waals surface area (Å²) in [6, 6.07) is 8.57. The molecule has 0 atom stereocenters. The number of ether oxygens (including phenoxy) is 2. The van der Waals surface area contributed by atoms with Crippen molar-refractivity contribution < 1.29 is 23.0 Å². The van der Waals surface area contributed by atoms with E-state index in [2.05, 4.69) is 10.2 Å². The van der Waals surface area contributed by atoms with Gasteiger partial charge in [0.1, 0.15) is 17.3 Å². The lowest BCUT2D eigenvalue weighted by atomic mass is 10.2. The van der Waals surface area contributed by atoms with E-state index in [1.807, 2.05) is 18.2 Å². The fourth-order valence-electron chi connectivity index (χ4n) is 2.99. The number of halogens is 2. The second kappa shape index (κ2) is 8.11. The van der Waals surface area contributed by atoms with Crippen molar-refractivity contribution in [2.24, 2.45) is 0 Å². The Hall–Kier alpha value is -3.03. The molecule has 0 spiro atoms. The van der Waals surface area contributed by atoms with Crippen molar-refractivity contribution in [3.63, 3.8) is 0 Å². The quantitative estimate of drug-likeness (QED) is 0.888. The second-order valence-corrected chi connectivity index (χ2v) is 6.04. The van der Waals surface area contributed by atoms with E-state index in [4.69, 9.17) is 9.47 Å². The minimum Gasteiger partial charge on any atom is -0.493 e. The van der Waals surface area contributed by atoms with Crippen LogP contribution in [0.25, 0.3) is 0 Å². The van der Waals surface area contributed by atoms with Crippen molar-refractivity contribution in [1.82, 2.24) is 4.90 Å². The first-order valence-electron chi connectivity index (χ1n) is 8.50. The number of amides is 2. The first kappa shape index (κ1) is 18.8. The Morgan fingerprint density at radius 3 is 2.19 bits per heavy atom. The van der Waals surface area contributed by atoms with Gasteiger partial charge < -0.3 is 24.6 Å². The van der Waals surface area contributed by atoms with Gasteiger partial charge in [0.25, 0.3) is 0 Å². The van der Waals surface area contributed by atoms with E-state index in [1.165, 1.54) is 11.0 Å². The summed E-state index contributed by atoms with van der Waals surface area (Å²) >= 11 is 0. The molecule has 27 heavy (non-hydrogen) atoms. The molecule has 0 aliphatic carbocycles. The van der Waals surface area contributed by atoms with Crippen LogP contribution < -0.4 is 19.7 Å². The number of hydrogen-bond donors (Lipinski definition) is 1. The molecule has 1 fully saturated rings. The molecule has 1 saturated heterocycles. The average Bonchev–Trinajstić information content (AvgIpc) is 2.70. The van der Waals surface area contributed by atoms with E-state index < -0.39 is 23.4 Å². The van der Waals surface area contributed by atoms with E-state index in [1.54, 1.807) is 14.2 Å². The molecular formula is C19H21F2N3O3. The Morgan fingerprint density at radius 2 is 1.59 bits per heavy atom. The first-order valence-corrected chi connectivity index (χ1v) is 8.50. The van der Waals surface area contributed by atoms with Gasteiger partial charge in [-0.05, 0) is 24.3 Å². The normalized spacial score (nSPS) is 14.1. The van der Waals surface area contributed by atoms with Crippen molar-refractivity contribution in [2.45, 2.75) is 0 Å². The molecule has 0 unspecified atom stereocenters. The Bertz CT molecular complexity index is 804. The zero-order valence-corrected chi connectivity index (χ0v) is 15.2. The van der Waals surface area contributed by atoms with Gasteiger partial charge >= 0.3 is 6.03 Å². The average molecular weight is 377 g/mol. The molecule has 0 radical (unpaired) electrons. The van der Waals surface area contributed by atoms with Crippen molar-refractivity contribution in [3.05, 3.63) is 48.0 Å². The van der Waals surface area contributed by atoms with Crippen LogP contribution in [0.2, 0.25) is 0 Å². The minimum atomic E-state index is -0.799. The SMILES string of the molecule is COc1ccc(N2CCN(C(=O)Nc3c(F)cccc3F)CC2)cc1OC. The highest BCUT2D eigenvalue weighted by atomic mass is 19.1. The number of para-hydroxylation sites is 1. The number of urea groups is 1. The lowest BCUT2D eigenvalue weighted by Crippen LogP contribution is -2.50. The standard InChI is InChI=1S/C19H21F2N3O3/c1-26-16-7-6-13(12-17(16)27-2)23-8-10-24(11-9-23)19(25)22-18-14(20)4-3-5-15(18)21/h3-7,12H,8-11H2,1-2H3,(H,22,25). The molecule has 0 bridgehead atoms. The number of methoxy groups -OCH3 is 2. The van der Waals surface area contributed by atoms with Crippen molar-refractivity contribution in [1.29, 1.82) is 0 Å². The topological polar surface area (TPSA) is 54.0 Å². The van der Waals surface area contributed by atoms with Crippen molar-refractivity contribution in [3.8, 4) is 11.5 Å². The summed E-state index contributed by atoms with van der Waals surface area (Å²) in [6.07, 6.45) is 0. The van der Waals surface area contributed by atoms with E-state index in [0.29, 0.717) is 37.7 Å². The number of anilines is 2. The summed E-state index contributed by atoms with van der Waals surface area (Å²) in [6.45, 7) is 2.03. The van der Waals surface area contributed by atoms with Crippen LogP contribution in [0, 0.1) is 11.6 Å². The fourth-order valence-corrected chi connectivity index (χ4v) is 2.99. The largest absolute Gasteiger partial charge is 0.493 e. The Kier molecular flexibility index (Phi) is 5.63. The van der Waals surface area contributed by atoms with Crippen LogP contribution in [0.3, 0.4) is 0 Å². The van der Waals surface area contributed by atoms with Gasteiger partial charge in [0.05, 0.1) is 14.2 Å². The molecule has 6 nitrogen and oxygen atoms in total. The van der Waals surface area contributed by atoms with Gasteiger partial charge in [0, 0.05) is 37.9 Å². The minimum absolute atomic E-state index is 0.426. The number of benzene rings is 2. The molecule has 1 heterocycles. The number of rotatable bonds is 4. The van der Waals surface area contributed by atoms with Gasteiger partial charge in [-0.25, -0.2) is 13.6 Å². The molecule has 3 rings (SSSR count). The number of carbonyl (C=O) groups excluding carboxylic acids is 1. The third kappa shape index (κ3) is 4.05. The summed E-state index contributed by atoms with van der Waals surface area (Å²) in [5.74, 6) is -0.323.